The Bertz CT molecular complexity index is 928. The zero-order valence-corrected chi connectivity index (χ0v) is 19.9. The lowest BCUT2D eigenvalue weighted by Crippen LogP contribution is -2.50. The summed E-state index contributed by atoms with van der Waals surface area (Å²) < 4.78 is 32.0. The van der Waals surface area contributed by atoms with Gasteiger partial charge in [-0.2, -0.15) is 0 Å². The minimum absolute atomic E-state index is 0.190. The van der Waals surface area contributed by atoms with Gasteiger partial charge in [0.25, 0.3) is 0 Å². The Morgan fingerprint density at radius 1 is 1.03 bits per heavy atom. The van der Waals surface area contributed by atoms with Crippen LogP contribution in [0.2, 0.25) is 0 Å². The Morgan fingerprint density at radius 3 is 2.13 bits per heavy atom. The van der Waals surface area contributed by atoms with Gasteiger partial charge in [0.2, 0.25) is 15.9 Å². The third kappa shape index (κ3) is 6.99. The molecule has 6 nitrogen and oxygen atoms in total. The molecule has 0 saturated heterocycles. The van der Waals surface area contributed by atoms with E-state index in [-0.39, 0.29) is 11.9 Å². The average Bonchev–Trinajstić information content (AvgIpc) is 2.72. The maximum atomic E-state index is 13.3. The van der Waals surface area contributed by atoms with Crippen molar-refractivity contribution in [2.24, 2.45) is 5.92 Å². The van der Waals surface area contributed by atoms with Crippen LogP contribution in [0.5, 0.6) is 5.75 Å². The average molecular weight is 447 g/mol. The molecular formula is C24H34N2O4S. The van der Waals surface area contributed by atoms with Gasteiger partial charge in [0.05, 0.1) is 24.6 Å². The summed E-state index contributed by atoms with van der Waals surface area (Å²) in [6.07, 6.45) is 2.23. The second kappa shape index (κ2) is 11.2. The fraction of sp³-hybridized carbons (Fsp3) is 0.458. The highest BCUT2D eigenvalue weighted by molar-refractivity contribution is 7.92. The fourth-order valence-electron chi connectivity index (χ4n) is 3.62. The summed E-state index contributed by atoms with van der Waals surface area (Å²) in [5, 5.41) is 3.10. The van der Waals surface area contributed by atoms with Gasteiger partial charge < -0.3 is 10.1 Å². The molecule has 0 aliphatic carbocycles. The number of nitrogens with one attached hydrogen (secondary N) is 1. The van der Waals surface area contributed by atoms with Crippen molar-refractivity contribution in [3.63, 3.8) is 0 Å². The van der Waals surface area contributed by atoms with E-state index in [4.69, 9.17) is 4.74 Å². The molecular weight excluding hydrogens is 412 g/mol. The van der Waals surface area contributed by atoms with E-state index < -0.39 is 16.1 Å². The van der Waals surface area contributed by atoms with Crippen molar-refractivity contribution in [1.82, 2.24) is 5.32 Å². The van der Waals surface area contributed by atoms with Crippen LogP contribution in [0.1, 0.15) is 52.1 Å². The molecule has 0 aliphatic rings. The first kappa shape index (κ1) is 24.7. The van der Waals surface area contributed by atoms with E-state index in [2.05, 4.69) is 19.2 Å². The number of sulfonamides is 1. The number of hydrogen-bond donors (Lipinski definition) is 1. The quantitative estimate of drug-likeness (QED) is 0.550. The van der Waals surface area contributed by atoms with Crippen molar-refractivity contribution in [2.75, 3.05) is 17.2 Å². The number of carbonyl (C=O) groups excluding carboxylic acids is 1. The lowest BCUT2D eigenvalue weighted by molar-refractivity contribution is -0.123. The number of nitrogens with zero attached hydrogens (tertiary/aromatic N) is 1. The minimum atomic E-state index is -3.69. The topological polar surface area (TPSA) is 75.7 Å². The van der Waals surface area contributed by atoms with Crippen molar-refractivity contribution in [2.45, 2.75) is 52.6 Å². The zero-order valence-electron chi connectivity index (χ0n) is 19.0. The maximum Gasteiger partial charge on any atom is 0.244 e. The molecule has 0 spiro atoms. The predicted octanol–water partition coefficient (Wildman–Crippen LogP) is 4.53. The molecule has 2 rings (SSSR count). The normalized spacial score (nSPS) is 13.5. The summed E-state index contributed by atoms with van der Waals surface area (Å²) in [5.74, 6) is 0.706. The second-order valence-corrected chi connectivity index (χ2v) is 9.87. The van der Waals surface area contributed by atoms with E-state index in [1.54, 1.807) is 24.3 Å². The van der Waals surface area contributed by atoms with Crippen molar-refractivity contribution < 1.29 is 17.9 Å². The molecule has 0 heterocycles. The van der Waals surface area contributed by atoms with Crippen LogP contribution in [-0.2, 0) is 14.8 Å². The highest BCUT2D eigenvalue weighted by atomic mass is 32.2. The molecule has 7 heteroatoms. The van der Waals surface area contributed by atoms with Gasteiger partial charge in [-0.3, -0.25) is 9.10 Å². The minimum Gasteiger partial charge on any atom is -0.494 e. The van der Waals surface area contributed by atoms with E-state index in [0.29, 0.717) is 30.4 Å². The molecule has 0 unspecified atom stereocenters. The first-order chi connectivity index (χ1) is 14.7. The molecule has 0 aliphatic heterocycles. The summed E-state index contributed by atoms with van der Waals surface area (Å²) in [6, 6.07) is 15.5. The van der Waals surface area contributed by atoms with Crippen molar-refractivity contribution in [3.8, 4) is 5.75 Å². The van der Waals surface area contributed by atoms with Gasteiger partial charge in [0, 0.05) is 0 Å². The summed E-state index contributed by atoms with van der Waals surface area (Å²) in [5.41, 5.74) is 1.44. The molecule has 0 bridgehead atoms. The number of rotatable bonds is 11. The molecule has 31 heavy (non-hydrogen) atoms. The largest absolute Gasteiger partial charge is 0.494 e. The molecule has 170 valence electrons. The number of anilines is 1. The SMILES string of the molecule is CCOc1ccc(N([C@H](CC)C(=O)N[C@H](CC(C)C)c2ccccc2)S(C)(=O)=O)cc1. The van der Waals surface area contributed by atoms with Gasteiger partial charge >= 0.3 is 0 Å². The van der Waals surface area contributed by atoms with Crippen LogP contribution in [0.4, 0.5) is 5.69 Å². The number of carbonyl (C=O) groups is 1. The molecule has 2 aromatic rings. The third-order valence-corrected chi connectivity index (χ3v) is 6.14. The van der Waals surface area contributed by atoms with Crippen LogP contribution in [0.25, 0.3) is 0 Å². The Hall–Kier alpha value is -2.54. The van der Waals surface area contributed by atoms with Gasteiger partial charge in [-0.15, -0.1) is 0 Å². The van der Waals surface area contributed by atoms with E-state index in [1.165, 1.54) is 4.31 Å². The maximum absolute atomic E-state index is 13.3. The highest BCUT2D eigenvalue weighted by Crippen LogP contribution is 2.27. The Balaban J connectivity index is 2.34. The molecule has 1 amide bonds. The van der Waals surface area contributed by atoms with E-state index in [0.717, 1.165) is 18.2 Å². The Kier molecular flexibility index (Phi) is 8.92. The van der Waals surface area contributed by atoms with Crippen LogP contribution >= 0.6 is 0 Å². The van der Waals surface area contributed by atoms with Gasteiger partial charge in [0.1, 0.15) is 11.8 Å². The first-order valence-electron chi connectivity index (χ1n) is 10.7. The second-order valence-electron chi connectivity index (χ2n) is 8.01. The Labute approximate surface area is 186 Å². The van der Waals surface area contributed by atoms with Crippen LogP contribution in [0.3, 0.4) is 0 Å². The molecule has 0 fully saturated rings. The smallest absolute Gasteiger partial charge is 0.244 e. The summed E-state index contributed by atoms with van der Waals surface area (Å²) in [6.45, 7) is 8.42. The predicted molar refractivity (Wildman–Crippen MR) is 126 cm³/mol. The summed E-state index contributed by atoms with van der Waals surface area (Å²) >= 11 is 0. The van der Waals surface area contributed by atoms with Gasteiger partial charge in [-0.05, 0) is 55.5 Å². The molecule has 2 aromatic carbocycles. The van der Waals surface area contributed by atoms with Gasteiger partial charge in [0.15, 0.2) is 0 Å². The van der Waals surface area contributed by atoms with Crippen molar-refractivity contribution in [3.05, 3.63) is 60.2 Å². The molecule has 2 atom stereocenters. The van der Waals surface area contributed by atoms with Gasteiger partial charge in [-0.1, -0.05) is 51.1 Å². The van der Waals surface area contributed by atoms with E-state index >= 15 is 0 Å². The van der Waals surface area contributed by atoms with Gasteiger partial charge in [-0.25, -0.2) is 8.42 Å². The van der Waals surface area contributed by atoms with E-state index in [1.807, 2.05) is 44.2 Å². The van der Waals surface area contributed by atoms with Crippen LogP contribution in [0.15, 0.2) is 54.6 Å². The lowest BCUT2D eigenvalue weighted by Gasteiger charge is -2.32. The molecule has 0 radical (unpaired) electrons. The monoisotopic (exact) mass is 446 g/mol. The standard InChI is InChI=1S/C24H34N2O4S/c1-6-23(24(27)25-22(17-18(3)4)19-11-9-8-10-12-19)26(31(5,28)29)20-13-15-21(16-14-20)30-7-2/h8-16,18,22-23H,6-7,17H2,1-5H3,(H,25,27)/t22-,23-/m1/s1. The Morgan fingerprint density at radius 2 is 1.65 bits per heavy atom. The highest BCUT2D eigenvalue weighted by Gasteiger charge is 2.32. The number of benzene rings is 2. The fourth-order valence-corrected chi connectivity index (χ4v) is 4.83. The van der Waals surface area contributed by atoms with Crippen LogP contribution in [0, 0.1) is 5.92 Å². The number of amides is 1. The number of ether oxygens (including phenoxy) is 1. The van der Waals surface area contributed by atoms with Crippen LogP contribution < -0.4 is 14.4 Å². The first-order valence-corrected chi connectivity index (χ1v) is 12.6. The molecule has 1 N–H and O–H groups in total. The summed E-state index contributed by atoms with van der Waals surface area (Å²) in [4.78, 5) is 13.3. The van der Waals surface area contributed by atoms with Crippen molar-refractivity contribution >= 4 is 21.6 Å². The van der Waals surface area contributed by atoms with Crippen molar-refractivity contribution in [1.29, 1.82) is 0 Å². The van der Waals surface area contributed by atoms with E-state index in [9.17, 15) is 13.2 Å². The molecule has 0 aromatic heterocycles. The van der Waals surface area contributed by atoms with Crippen LogP contribution in [-0.4, -0.2) is 33.2 Å². The third-order valence-electron chi connectivity index (χ3n) is 4.96. The number of hydrogen-bond acceptors (Lipinski definition) is 4. The zero-order chi connectivity index (χ0) is 23.0. The molecule has 0 saturated carbocycles. The summed E-state index contributed by atoms with van der Waals surface area (Å²) in [7, 11) is -3.69. The lowest BCUT2D eigenvalue weighted by atomic mass is 9.96.